The number of hydrogen-bond acceptors (Lipinski definition) is 4. The number of fused-ring (bicyclic) bond motifs is 1. The second-order valence-electron chi connectivity index (χ2n) is 10.4. The van der Waals surface area contributed by atoms with Crippen LogP contribution in [-0.2, 0) is 11.8 Å². The van der Waals surface area contributed by atoms with Crippen molar-refractivity contribution >= 4 is 39.7 Å². The minimum atomic E-state index is -0.659. The predicted octanol–water partition coefficient (Wildman–Crippen LogP) is 8.59. The molecule has 0 fully saturated rings. The van der Waals surface area contributed by atoms with E-state index in [0.717, 1.165) is 44.5 Å². The molecule has 5 rings (SSSR count). The summed E-state index contributed by atoms with van der Waals surface area (Å²) in [6, 6.07) is 14.1. The van der Waals surface area contributed by atoms with Gasteiger partial charge in [-0.1, -0.05) is 32.4 Å². The Kier molecular flexibility index (Phi) is 7.08. The molecular formula is C31H27ClF2N2O2S. The lowest BCUT2D eigenvalue weighted by Gasteiger charge is -2.24. The molecular weight excluding hydrogens is 538 g/mol. The fraction of sp³-hybridized carbons (Fsp3) is 0.226. The monoisotopic (exact) mass is 564 g/mol. The first-order valence-electron chi connectivity index (χ1n) is 12.4. The fourth-order valence-electron chi connectivity index (χ4n) is 5.04. The summed E-state index contributed by atoms with van der Waals surface area (Å²) in [5, 5.41) is 4.01. The number of carbonyl (C=O) groups excluding carboxylic acids is 1. The lowest BCUT2D eigenvalue weighted by Crippen LogP contribution is -2.15. The van der Waals surface area contributed by atoms with Gasteiger partial charge in [0.25, 0.3) is 5.91 Å². The van der Waals surface area contributed by atoms with Gasteiger partial charge in [0.1, 0.15) is 17.4 Å². The molecule has 2 aromatic heterocycles. The Labute approximate surface area is 234 Å². The molecule has 0 aliphatic rings. The lowest BCUT2D eigenvalue weighted by molar-refractivity contribution is 0.0963. The number of aromatic nitrogens is 2. The van der Waals surface area contributed by atoms with Gasteiger partial charge in [-0.2, -0.15) is 0 Å². The van der Waals surface area contributed by atoms with E-state index in [9.17, 15) is 13.6 Å². The Morgan fingerprint density at radius 2 is 1.79 bits per heavy atom. The molecule has 0 aliphatic heterocycles. The minimum absolute atomic E-state index is 0.168. The molecule has 0 aliphatic carbocycles. The van der Waals surface area contributed by atoms with Crippen molar-refractivity contribution in [3.8, 4) is 17.0 Å². The molecule has 200 valence electrons. The molecule has 0 saturated carbocycles. The van der Waals surface area contributed by atoms with Gasteiger partial charge in [0, 0.05) is 50.7 Å². The quantitative estimate of drug-likeness (QED) is 0.215. The first kappa shape index (κ1) is 27.0. The van der Waals surface area contributed by atoms with Crippen LogP contribution in [-0.4, -0.2) is 22.6 Å². The molecule has 0 radical (unpaired) electrons. The third kappa shape index (κ3) is 4.97. The van der Waals surface area contributed by atoms with E-state index >= 15 is 0 Å². The van der Waals surface area contributed by atoms with Crippen molar-refractivity contribution in [3.63, 3.8) is 0 Å². The normalized spacial score (nSPS) is 11.8. The van der Waals surface area contributed by atoms with Crippen LogP contribution in [0.25, 0.3) is 22.2 Å². The van der Waals surface area contributed by atoms with Crippen molar-refractivity contribution < 1.29 is 18.3 Å². The van der Waals surface area contributed by atoms with E-state index < -0.39 is 11.6 Å². The largest absolute Gasteiger partial charge is 0.496 e. The van der Waals surface area contributed by atoms with Crippen LogP contribution in [0.5, 0.6) is 5.75 Å². The average Bonchev–Trinajstić information content (AvgIpc) is 3.45. The molecule has 0 atom stereocenters. The summed E-state index contributed by atoms with van der Waals surface area (Å²) in [6.07, 6.45) is 0.424. The number of halogens is 3. The van der Waals surface area contributed by atoms with Crippen LogP contribution in [0.1, 0.15) is 53.0 Å². The van der Waals surface area contributed by atoms with Gasteiger partial charge in [-0.3, -0.25) is 9.36 Å². The van der Waals surface area contributed by atoms with Gasteiger partial charge >= 0.3 is 0 Å². The standard InChI is InChI=1S/C31H27ClF2N2O2S/c1-17-22(15-27-35-24(16-39-27)21-11-10-20(33)14-23(21)34)28-25(12-13-26(38-5)29(28)31(2,3)4)36(17)30(37)18-6-8-19(32)9-7-18/h6-14,16H,15H2,1-5H3. The highest BCUT2D eigenvalue weighted by molar-refractivity contribution is 7.10. The van der Waals surface area contributed by atoms with Crippen molar-refractivity contribution in [1.82, 2.24) is 9.55 Å². The molecule has 0 saturated heterocycles. The molecule has 4 nitrogen and oxygen atoms in total. The van der Waals surface area contributed by atoms with E-state index in [1.165, 1.54) is 23.5 Å². The second kappa shape index (κ2) is 10.2. The van der Waals surface area contributed by atoms with E-state index in [4.69, 9.17) is 16.3 Å². The molecule has 0 bridgehead atoms. The van der Waals surface area contributed by atoms with E-state index in [2.05, 4.69) is 25.8 Å². The maximum atomic E-state index is 14.5. The number of thiazole rings is 1. The van der Waals surface area contributed by atoms with Gasteiger partial charge in [0.05, 0.1) is 23.3 Å². The van der Waals surface area contributed by atoms with Crippen LogP contribution in [0.4, 0.5) is 8.78 Å². The molecule has 0 N–H and O–H groups in total. The summed E-state index contributed by atoms with van der Waals surface area (Å²) in [7, 11) is 1.64. The summed E-state index contributed by atoms with van der Waals surface area (Å²) in [4.78, 5) is 18.5. The van der Waals surface area contributed by atoms with Crippen LogP contribution in [0, 0.1) is 18.6 Å². The molecule has 8 heteroatoms. The van der Waals surface area contributed by atoms with Gasteiger partial charge in [0.15, 0.2) is 0 Å². The van der Waals surface area contributed by atoms with Crippen LogP contribution in [0.3, 0.4) is 0 Å². The zero-order valence-electron chi connectivity index (χ0n) is 22.2. The van der Waals surface area contributed by atoms with Gasteiger partial charge in [-0.15, -0.1) is 11.3 Å². The maximum absolute atomic E-state index is 14.5. The topological polar surface area (TPSA) is 44.1 Å². The average molecular weight is 565 g/mol. The number of benzene rings is 3. The number of ether oxygens (including phenoxy) is 1. The van der Waals surface area contributed by atoms with Crippen molar-refractivity contribution in [2.75, 3.05) is 7.11 Å². The molecule has 2 heterocycles. The van der Waals surface area contributed by atoms with Crippen molar-refractivity contribution in [1.29, 1.82) is 0 Å². The number of carbonyl (C=O) groups is 1. The molecule has 0 spiro atoms. The molecule has 3 aromatic carbocycles. The van der Waals surface area contributed by atoms with Gasteiger partial charge in [-0.05, 0) is 66.4 Å². The maximum Gasteiger partial charge on any atom is 0.262 e. The predicted molar refractivity (Wildman–Crippen MR) is 153 cm³/mol. The Hall–Kier alpha value is -3.55. The molecule has 0 unspecified atom stereocenters. The van der Waals surface area contributed by atoms with Crippen molar-refractivity contribution in [2.45, 2.75) is 39.5 Å². The summed E-state index contributed by atoms with van der Waals surface area (Å²) >= 11 is 7.47. The third-order valence-electron chi connectivity index (χ3n) is 6.81. The molecule has 5 aromatic rings. The summed E-state index contributed by atoms with van der Waals surface area (Å²) in [5.74, 6) is -0.726. The number of methoxy groups -OCH3 is 1. The van der Waals surface area contributed by atoms with Gasteiger partial charge in [0.2, 0.25) is 0 Å². The number of rotatable bonds is 5. The second-order valence-corrected chi connectivity index (χ2v) is 11.8. The third-order valence-corrected chi connectivity index (χ3v) is 7.91. The van der Waals surface area contributed by atoms with E-state index in [0.29, 0.717) is 22.7 Å². The smallest absolute Gasteiger partial charge is 0.262 e. The van der Waals surface area contributed by atoms with Crippen molar-refractivity contribution in [3.05, 3.63) is 104 Å². The van der Waals surface area contributed by atoms with E-state index in [1.807, 2.05) is 19.1 Å². The highest BCUT2D eigenvalue weighted by Crippen LogP contribution is 2.42. The fourth-order valence-corrected chi connectivity index (χ4v) is 5.97. The Balaban J connectivity index is 1.71. The lowest BCUT2D eigenvalue weighted by atomic mass is 9.82. The van der Waals surface area contributed by atoms with Crippen LogP contribution >= 0.6 is 22.9 Å². The SMILES string of the molecule is COc1ccc2c(c(Cc3nc(-c4ccc(F)cc4F)cs3)c(C)n2C(=O)c2ccc(Cl)cc2)c1C(C)(C)C. The Bertz CT molecular complexity index is 1720. The number of hydrogen-bond donors (Lipinski definition) is 0. The molecule has 39 heavy (non-hydrogen) atoms. The van der Waals surface area contributed by atoms with E-state index in [1.54, 1.807) is 41.3 Å². The summed E-state index contributed by atoms with van der Waals surface area (Å²) in [6.45, 7) is 8.26. The van der Waals surface area contributed by atoms with Gasteiger partial charge in [-0.25, -0.2) is 13.8 Å². The molecule has 0 amide bonds. The van der Waals surface area contributed by atoms with Gasteiger partial charge < -0.3 is 4.74 Å². The zero-order valence-corrected chi connectivity index (χ0v) is 23.8. The van der Waals surface area contributed by atoms with Crippen LogP contribution in [0.15, 0.2) is 60.0 Å². The van der Waals surface area contributed by atoms with E-state index in [-0.39, 0.29) is 16.9 Å². The number of nitrogens with zero attached hydrogens (tertiary/aromatic N) is 2. The Morgan fingerprint density at radius 3 is 2.44 bits per heavy atom. The first-order valence-corrected chi connectivity index (χ1v) is 13.7. The van der Waals surface area contributed by atoms with Crippen molar-refractivity contribution in [2.24, 2.45) is 0 Å². The van der Waals surface area contributed by atoms with Crippen LogP contribution in [0.2, 0.25) is 5.02 Å². The summed E-state index contributed by atoms with van der Waals surface area (Å²) in [5.41, 5.74) is 4.40. The zero-order chi connectivity index (χ0) is 28.1. The Morgan fingerprint density at radius 1 is 1.08 bits per heavy atom. The summed E-state index contributed by atoms with van der Waals surface area (Å²) < 4.78 is 35.4. The highest BCUT2D eigenvalue weighted by atomic mass is 35.5. The minimum Gasteiger partial charge on any atom is -0.496 e. The highest BCUT2D eigenvalue weighted by Gasteiger charge is 2.29. The first-order chi connectivity index (χ1) is 18.5. The van der Waals surface area contributed by atoms with Crippen LogP contribution < -0.4 is 4.74 Å².